The topological polar surface area (TPSA) is 66.5 Å². The Morgan fingerprint density at radius 3 is 2.70 bits per heavy atom. The molecule has 5 nitrogen and oxygen atoms in total. The quantitative estimate of drug-likeness (QED) is 0.817. The Kier molecular flexibility index (Phi) is 5.83. The van der Waals surface area contributed by atoms with Crippen molar-refractivity contribution in [2.75, 3.05) is 11.9 Å². The summed E-state index contributed by atoms with van der Waals surface area (Å²) in [6.07, 6.45) is 2.63. The number of nitrogens with one attached hydrogen (secondary N) is 1. The molecule has 0 aromatic heterocycles. The molecular weight excluding hydrogens is 391 g/mol. The van der Waals surface area contributed by atoms with Crippen LogP contribution in [0.15, 0.2) is 47.4 Å². The van der Waals surface area contributed by atoms with E-state index in [-0.39, 0.29) is 27.2 Å². The fraction of sp³-hybridized carbons (Fsp3) is 0.316. The zero-order valence-electron chi connectivity index (χ0n) is 14.8. The number of rotatable bonds is 4. The van der Waals surface area contributed by atoms with Crippen molar-refractivity contribution < 1.29 is 17.6 Å². The molecule has 3 rings (SSSR count). The van der Waals surface area contributed by atoms with E-state index in [0.29, 0.717) is 6.54 Å². The number of benzene rings is 2. The van der Waals surface area contributed by atoms with Crippen molar-refractivity contribution in [2.24, 2.45) is 0 Å². The zero-order chi connectivity index (χ0) is 19.6. The molecule has 1 amide bonds. The summed E-state index contributed by atoms with van der Waals surface area (Å²) < 4.78 is 41.4. The van der Waals surface area contributed by atoms with Gasteiger partial charge in [-0.3, -0.25) is 4.79 Å². The van der Waals surface area contributed by atoms with Gasteiger partial charge < -0.3 is 5.32 Å². The molecule has 1 fully saturated rings. The summed E-state index contributed by atoms with van der Waals surface area (Å²) in [4.78, 5) is 12.5. The van der Waals surface area contributed by atoms with Gasteiger partial charge in [0, 0.05) is 18.2 Å². The van der Waals surface area contributed by atoms with E-state index in [1.165, 1.54) is 46.8 Å². The molecule has 1 aliphatic rings. The van der Waals surface area contributed by atoms with Crippen LogP contribution in [0.4, 0.5) is 10.1 Å². The lowest BCUT2D eigenvalue weighted by Crippen LogP contribution is -2.41. The van der Waals surface area contributed by atoms with Gasteiger partial charge in [0.25, 0.3) is 5.91 Å². The molecule has 2 aromatic rings. The molecule has 2 aromatic carbocycles. The highest BCUT2D eigenvalue weighted by Gasteiger charge is 2.31. The highest BCUT2D eigenvalue weighted by molar-refractivity contribution is 7.89. The number of amides is 1. The van der Waals surface area contributed by atoms with Crippen LogP contribution in [0.2, 0.25) is 5.02 Å². The van der Waals surface area contributed by atoms with Crippen molar-refractivity contribution in [3.05, 3.63) is 58.9 Å². The fourth-order valence-electron chi connectivity index (χ4n) is 3.16. The number of hydrogen-bond acceptors (Lipinski definition) is 3. The van der Waals surface area contributed by atoms with E-state index >= 15 is 0 Å². The van der Waals surface area contributed by atoms with E-state index < -0.39 is 21.7 Å². The molecule has 0 aliphatic carbocycles. The lowest BCUT2D eigenvalue weighted by atomic mass is 10.1. The summed E-state index contributed by atoms with van der Waals surface area (Å²) in [6.45, 7) is 2.35. The van der Waals surface area contributed by atoms with Crippen LogP contribution in [0.3, 0.4) is 0 Å². The Labute approximate surface area is 163 Å². The molecule has 1 aliphatic heterocycles. The van der Waals surface area contributed by atoms with Gasteiger partial charge in [0.1, 0.15) is 0 Å². The van der Waals surface area contributed by atoms with Gasteiger partial charge >= 0.3 is 0 Å². The third-order valence-corrected chi connectivity index (χ3v) is 6.95. The Bertz CT molecular complexity index is 965. The van der Waals surface area contributed by atoms with Crippen LogP contribution < -0.4 is 5.32 Å². The predicted octanol–water partition coefficient (Wildman–Crippen LogP) is 4.29. The molecule has 1 heterocycles. The first-order chi connectivity index (χ1) is 12.8. The Hall–Kier alpha value is -1.96. The molecule has 27 heavy (non-hydrogen) atoms. The second-order valence-corrected chi connectivity index (χ2v) is 8.84. The number of carbonyl (C=O) groups excluding carboxylic acids is 1. The minimum atomic E-state index is -3.70. The van der Waals surface area contributed by atoms with Crippen LogP contribution in [0.1, 0.15) is 36.5 Å². The lowest BCUT2D eigenvalue weighted by molar-refractivity contribution is 0.102. The van der Waals surface area contributed by atoms with Crippen molar-refractivity contribution in [3.8, 4) is 0 Å². The molecular formula is C19H20ClFN2O3S. The van der Waals surface area contributed by atoms with Crippen LogP contribution in [-0.2, 0) is 10.0 Å². The summed E-state index contributed by atoms with van der Waals surface area (Å²) in [6, 6.07) is 9.96. The predicted molar refractivity (Wildman–Crippen MR) is 103 cm³/mol. The second kappa shape index (κ2) is 7.96. The summed E-state index contributed by atoms with van der Waals surface area (Å²) in [5.41, 5.74) is 0.0607. The highest BCUT2D eigenvalue weighted by Crippen LogP contribution is 2.26. The number of anilines is 1. The van der Waals surface area contributed by atoms with E-state index in [9.17, 15) is 17.6 Å². The van der Waals surface area contributed by atoms with Gasteiger partial charge in [-0.2, -0.15) is 4.31 Å². The number of halogens is 2. The molecule has 0 radical (unpaired) electrons. The molecule has 0 saturated carbocycles. The molecule has 1 saturated heterocycles. The second-order valence-electron chi connectivity index (χ2n) is 6.54. The average Bonchev–Trinajstić information content (AvgIpc) is 2.65. The van der Waals surface area contributed by atoms with Gasteiger partial charge in [0.15, 0.2) is 5.82 Å². The van der Waals surface area contributed by atoms with Gasteiger partial charge in [0.05, 0.1) is 15.6 Å². The zero-order valence-corrected chi connectivity index (χ0v) is 16.4. The van der Waals surface area contributed by atoms with Gasteiger partial charge in [-0.25, -0.2) is 12.8 Å². The van der Waals surface area contributed by atoms with E-state index in [4.69, 9.17) is 11.6 Å². The van der Waals surface area contributed by atoms with E-state index in [0.717, 1.165) is 19.3 Å². The van der Waals surface area contributed by atoms with Crippen LogP contribution in [0.25, 0.3) is 0 Å². The first-order valence-electron chi connectivity index (χ1n) is 8.68. The van der Waals surface area contributed by atoms with E-state index in [1.54, 1.807) is 0 Å². The standard InChI is InChI=1S/C19H20ClFN2O3S/c1-13-6-2-3-11-23(13)27(25,26)15-8-4-7-14(12-15)19(24)22-17-10-5-9-16(20)18(17)21/h4-5,7-10,12-13H,2-3,6,11H2,1H3,(H,22,24)/t13-/m0/s1. The number of hydrogen-bond donors (Lipinski definition) is 1. The molecule has 0 unspecified atom stereocenters. The lowest BCUT2D eigenvalue weighted by Gasteiger charge is -2.32. The fourth-order valence-corrected chi connectivity index (χ4v) is 5.08. The van der Waals surface area contributed by atoms with Gasteiger partial charge in [-0.1, -0.05) is 30.2 Å². The third-order valence-electron chi connectivity index (χ3n) is 4.64. The highest BCUT2D eigenvalue weighted by atomic mass is 35.5. The maximum absolute atomic E-state index is 14.0. The number of nitrogens with zero attached hydrogens (tertiary/aromatic N) is 1. The monoisotopic (exact) mass is 410 g/mol. The smallest absolute Gasteiger partial charge is 0.255 e. The van der Waals surface area contributed by atoms with Crippen molar-refractivity contribution in [1.29, 1.82) is 0 Å². The molecule has 8 heteroatoms. The molecule has 0 spiro atoms. The summed E-state index contributed by atoms with van der Waals surface area (Å²) >= 11 is 5.72. The van der Waals surface area contributed by atoms with Crippen LogP contribution in [0, 0.1) is 5.82 Å². The molecule has 144 valence electrons. The van der Waals surface area contributed by atoms with Crippen molar-refractivity contribution in [2.45, 2.75) is 37.1 Å². The first-order valence-corrected chi connectivity index (χ1v) is 10.5. The maximum Gasteiger partial charge on any atom is 0.255 e. The van der Waals surface area contributed by atoms with Crippen LogP contribution in [0.5, 0.6) is 0 Å². The van der Waals surface area contributed by atoms with E-state index in [1.807, 2.05) is 6.92 Å². The maximum atomic E-state index is 14.0. The SMILES string of the molecule is C[C@H]1CCCCN1S(=O)(=O)c1cccc(C(=O)Nc2cccc(Cl)c2F)c1. The van der Waals surface area contributed by atoms with E-state index in [2.05, 4.69) is 5.32 Å². The molecule has 1 N–H and O–H groups in total. The van der Waals surface area contributed by atoms with Crippen LogP contribution >= 0.6 is 11.6 Å². The van der Waals surface area contributed by atoms with Crippen molar-refractivity contribution >= 4 is 33.2 Å². The average molecular weight is 411 g/mol. The Morgan fingerprint density at radius 2 is 1.96 bits per heavy atom. The largest absolute Gasteiger partial charge is 0.319 e. The number of carbonyl (C=O) groups is 1. The van der Waals surface area contributed by atoms with Crippen molar-refractivity contribution in [1.82, 2.24) is 4.31 Å². The van der Waals surface area contributed by atoms with Crippen LogP contribution in [-0.4, -0.2) is 31.2 Å². The van der Waals surface area contributed by atoms with Gasteiger partial charge in [0.2, 0.25) is 10.0 Å². The Balaban J connectivity index is 1.86. The molecule has 0 bridgehead atoms. The minimum Gasteiger partial charge on any atom is -0.319 e. The summed E-state index contributed by atoms with van der Waals surface area (Å²) in [5.74, 6) is -1.35. The normalized spacial score (nSPS) is 18.3. The summed E-state index contributed by atoms with van der Waals surface area (Å²) in [5, 5.41) is 2.32. The molecule has 1 atom stereocenters. The number of sulfonamides is 1. The van der Waals surface area contributed by atoms with Gasteiger partial charge in [-0.05, 0) is 50.1 Å². The Morgan fingerprint density at radius 1 is 1.22 bits per heavy atom. The third kappa shape index (κ3) is 4.15. The summed E-state index contributed by atoms with van der Waals surface area (Å²) in [7, 11) is -3.70. The number of piperidine rings is 1. The van der Waals surface area contributed by atoms with Crippen molar-refractivity contribution in [3.63, 3.8) is 0 Å². The van der Waals surface area contributed by atoms with Gasteiger partial charge in [-0.15, -0.1) is 0 Å². The first kappa shape index (κ1) is 19.8. The minimum absolute atomic E-state index is 0.0514.